The van der Waals surface area contributed by atoms with E-state index in [1.807, 2.05) is 12.1 Å². The van der Waals surface area contributed by atoms with Crippen molar-refractivity contribution in [2.24, 2.45) is 0 Å². The Kier molecular flexibility index (Phi) is 7.04. The van der Waals surface area contributed by atoms with Gasteiger partial charge in [-0.1, -0.05) is 18.2 Å². The molecule has 2 N–H and O–H groups in total. The SMILES string of the molecule is COc1ccccc1OCCC(=O)Nc1cccc(S(=O)(=O)NC(C)(C)C)c1. The summed E-state index contributed by atoms with van der Waals surface area (Å²) in [5, 5.41) is 2.69. The number of benzene rings is 2. The van der Waals surface area contributed by atoms with Crippen LogP contribution < -0.4 is 19.5 Å². The molecule has 0 aliphatic rings. The van der Waals surface area contributed by atoms with E-state index in [9.17, 15) is 13.2 Å². The highest BCUT2D eigenvalue weighted by molar-refractivity contribution is 7.89. The lowest BCUT2D eigenvalue weighted by molar-refractivity contribution is -0.116. The van der Waals surface area contributed by atoms with Crippen LogP contribution >= 0.6 is 0 Å². The molecule has 0 heterocycles. The molecule has 8 heteroatoms. The molecule has 2 rings (SSSR count). The number of rotatable bonds is 8. The van der Waals surface area contributed by atoms with Crippen molar-refractivity contribution in [3.05, 3.63) is 48.5 Å². The quantitative estimate of drug-likeness (QED) is 0.702. The van der Waals surface area contributed by atoms with E-state index < -0.39 is 15.6 Å². The summed E-state index contributed by atoms with van der Waals surface area (Å²) in [5.41, 5.74) is -0.201. The Labute approximate surface area is 166 Å². The first-order chi connectivity index (χ1) is 13.1. The molecule has 0 radical (unpaired) electrons. The van der Waals surface area contributed by atoms with Gasteiger partial charge in [-0.15, -0.1) is 0 Å². The topological polar surface area (TPSA) is 93.7 Å². The van der Waals surface area contributed by atoms with Gasteiger partial charge in [-0.3, -0.25) is 4.79 Å². The fourth-order valence-corrected chi connectivity index (χ4v) is 3.88. The van der Waals surface area contributed by atoms with E-state index in [-0.39, 0.29) is 23.8 Å². The van der Waals surface area contributed by atoms with Gasteiger partial charge in [-0.05, 0) is 51.1 Å². The van der Waals surface area contributed by atoms with Gasteiger partial charge in [0.05, 0.1) is 25.0 Å². The number of methoxy groups -OCH3 is 1. The summed E-state index contributed by atoms with van der Waals surface area (Å²) in [5.74, 6) is 0.861. The number of hydrogen-bond acceptors (Lipinski definition) is 5. The zero-order valence-corrected chi connectivity index (χ0v) is 17.3. The van der Waals surface area contributed by atoms with Crippen LogP contribution in [-0.4, -0.2) is 33.6 Å². The Bertz CT molecular complexity index is 920. The van der Waals surface area contributed by atoms with Crippen molar-refractivity contribution in [2.75, 3.05) is 19.0 Å². The van der Waals surface area contributed by atoms with Crippen molar-refractivity contribution in [2.45, 2.75) is 37.6 Å². The summed E-state index contributed by atoms with van der Waals surface area (Å²) in [6.45, 7) is 5.45. The van der Waals surface area contributed by atoms with Crippen LogP contribution in [0.4, 0.5) is 5.69 Å². The molecule has 0 aliphatic heterocycles. The maximum atomic E-state index is 12.4. The monoisotopic (exact) mass is 406 g/mol. The van der Waals surface area contributed by atoms with Crippen LogP contribution in [0.15, 0.2) is 53.4 Å². The Hall–Kier alpha value is -2.58. The Balaban J connectivity index is 1.95. The van der Waals surface area contributed by atoms with Gasteiger partial charge in [-0.25, -0.2) is 13.1 Å². The molecule has 28 heavy (non-hydrogen) atoms. The molecule has 0 aliphatic carbocycles. The van der Waals surface area contributed by atoms with E-state index in [0.29, 0.717) is 17.2 Å². The minimum Gasteiger partial charge on any atom is -0.493 e. The average Bonchev–Trinajstić information content (AvgIpc) is 2.60. The molecule has 0 spiro atoms. The van der Waals surface area contributed by atoms with Gasteiger partial charge in [0.15, 0.2) is 11.5 Å². The van der Waals surface area contributed by atoms with E-state index in [1.165, 1.54) is 12.1 Å². The van der Waals surface area contributed by atoms with E-state index in [0.717, 1.165) is 0 Å². The molecule has 0 atom stereocenters. The summed E-state index contributed by atoms with van der Waals surface area (Å²) in [4.78, 5) is 12.2. The number of para-hydroxylation sites is 2. The molecule has 0 fully saturated rings. The van der Waals surface area contributed by atoms with Crippen molar-refractivity contribution in [1.29, 1.82) is 0 Å². The first-order valence-corrected chi connectivity index (χ1v) is 10.3. The molecule has 0 saturated carbocycles. The molecule has 0 bridgehead atoms. The molecular formula is C20H26N2O5S. The molecule has 152 valence electrons. The lowest BCUT2D eigenvalue weighted by Crippen LogP contribution is -2.40. The fraction of sp³-hybridized carbons (Fsp3) is 0.350. The average molecular weight is 407 g/mol. The van der Waals surface area contributed by atoms with Gasteiger partial charge >= 0.3 is 0 Å². The number of ether oxygens (including phenoxy) is 2. The summed E-state index contributed by atoms with van der Waals surface area (Å²) < 4.78 is 38.2. The zero-order valence-electron chi connectivity index (χ0n) is 16.5. The number of carbonyl (C=O) groups excluding carboxylic acids is 1. The van der Waals surface area contributed by atoms with Crippen molar-refractivity contribution in [1.82, 2.24) is 4.72 Å². The van der Waals surface area contributed by atoms with Crippen LogP contribution in [-0.2, 0) is 14.8 Å². The molecule has 1 amide bonds. The number of carbonyl (C=O) groups is 1. The highest BCUT2D eigenvalue weighted by atomic mass is 32.2. The summed E-state index contributed by atoms with van der Waals surface area (Å²) in [6.07, 6.45) is 0.106. The predicted octanol–water partition coefficient (Wildman–Crippen LogP) is 3.18. The molecule has 2 aromatic rings. The third kappa shape index (κ3) is 6.54. The van der Waals surface area contributed by atoms with Crippen LogP contribution in [0.5, 0.6) is 11.5 Å². The number of anilines is 1. The minimum absolute atomic E-state index is 0.0884. The highest BCUT2D eigenvalue weighted by Gasteiger charge is 2.22. The lowest BCUT2D eigenvalue weighted by atomic mass is 10.1. The van der Waals surface area contributed by atoms with Crippen LogP contribution in [0.3, 0.4) is 0 Å². The third-order valence-electron chi connectivity index (χ3n) is 3.52. The zero-order chi connectivity index (χ0) is 20.8. The lowest BCUT2D eigenvalue weighted by Gasteiger charge is -2.20. The highest BCUT2D eigenvalue weighted by Crippen LogP contribution is 2.25. The van der Waals surface area contributed by atoms with E-state index in [4.69, 9.17) is 9.47 Å². The Morgan fingerprint density at radius 2 is 1.71 bits per heavy atom. The smallest absolute Gasteiger partial charge is 0.241 e. The van der Waals surface area contributed by atoms with Crippen LogP contribution in [0.25, 0.3) is 0 Å². The predicted molar refractivity (Wildman–Crippen MR) is 108 cm³/mol. The summed E-state index contributed by atoms with van der Waals surface area (Å²) in [7, 11) is -2.13. The van der Waals surface area contributed by atoms with Crippen molar-refractivity contribution in [3.63, 3.8) is 0 Å². The van der Waals surface area contributed by atoms with Crippen molar-refractivity contribution < 1.29 is 22.7 Å². The van der Waals surface area contributed by atoms with Gasteiger partial charge in [0.25, 0.3) is 0 Å². The number of sulfonamides is 1. The maximum absolute atomic E-state index is 12.4. The standard InChI is InChI=1S/C20H26N2O5S/c1-20(2,3)22-28(24,25)16-9-7-8-15(14-16)21-19(23)12-13-27-18-11-6-5-10-17(18)26-4/h5-11,14,22H,12-13H2,1-4H3,(H,21,23). The van der Waals surface area contributed by atoms with Gasteiger partial charge in [0.2, 0.25) is 15.9 Å². The summed E-state index contributed by atoms with van der Waals surface area (Å²) >= 11 is 0. The van der Waals surface area contributed by atoms with Crippen LogP contribution in [0.2, 0.25) is 0 Å². The van der Waals surface area contributed by atoms with Gasteiger partial charge < -0.3 is 14.8 Å². The summed E-state index contributed by atoms with van der Waals surface area (Å²) in [6, 6.07) is 13.3. The largest absolute Gasteiger partial charge is 0.493 e. The molecule has 0 aromatic heterocycles. The number of nitrogens with one attached hydrogen (secondary N) is 2. The minimum atomic E-state index is -3.68. The molecular weight excluding hydrogens is 380 g/mol. The van der Waals surface area contributed by atoms with Gasteiger partial charge in [-0.2, -0.15) is 0 Å². The second-order valence-corrected chi connectivity index (χ2v) is 8.86. The van der Waals surface area contributed by atoms with Crippen molar-refractivity contribution >= 4 is 21.6 Å². The first kappa shape index (κ1) is 21.7. The Morgan fingerprint density at radius 3 is 2.36 bits per heavy atom. The second-order valence-electron chi connectivity index (χ2n) is 7.18. The molecule has 2 aromatic carbocycles. The second kappa shape index (κ2) is 9.07. The van der Waals surface area contributed by atoms with E-state index >= 15 is 0 Å². The molecule has 7 nitrogen and oxygen atoms in total. The van der Waals surface area contributed by atoms with E-state index in [2.05, 4.69) is 10.0 Å². The normalized spacial score (nSPS) is 11.7. The number of amides is 1. The maximum Gasteiger partial charge on any atom is 0.241 e. The molecule has 0 unspecified atom stereocenters. The van der Waals surface area contributed by atoms with Crippen LogP contribution in [0.1, 0.15) is 27.2 Å². The van der Waals surface area contributed by atoms with Gasteiger partial charge in [0, 0.05) is 11.2 Å². The Morgan fingerprint density at radius 1 is 1.04 bits per heavy atom. The number of hydrogen-bond donors (Lipinski definition) is 2. The first-order valence-electron chi connectivity index (χ1n) is 8.80. The molecule has 0 saturated heterocycles. The van der Waals surface area contributed by atoms with Crippen LogP contribution in [0, 0.1) is 0 Å². The van der Waals surface area contributed by atoms with Crippen molar-refractivity contribution in [3.8, 4) is 11.5 Å². The third-order valence-corrected chi connectivity index (χ3v) is 5.28. The van der Waals surface area contributed by atoms with E-state index in [1.54, 1.807) is 52.1 Å². The van der Waals surface area contributed by atoms with Gasteiger partial charge in [0.1, 0.15) is 0 Å². The fourth-order valence-electron chi connectivity index (χ4n) is 2.42.